The summed E-state index contributed by atoms with van der Waals surface area (Å²) in [5, 5.41) is 6.44. The van der Waals surface area contributed by atoms with Gasteiger partial charge in [0.2, 0.25) is 11.8 Å². The van der Waals surface area contributed by atoms with Crippen LogP contribution in [-0.4, -0.2) is 21.0 Å². The minimum Gasteiger partial charge on any atom is -0.339 e. The third kappa shape index (κ3) is 4.17. The summed E-state index contributed by atoms with van der Waals surface area (Å²) in [7, 11) is 0. The summed E-state index contributed by atoms with van der Waals surface area (Å²) in [5.74, 6) is 1.69. The largest absolute Gasteiger partial charge is 0.339 e. The number of hydrogen-bond donors (Lipinski definition) is 1. The first-order chi connectivity index (χ1) is 9.13. The van der Waals surface area contributed by atoms with E-state index < -0.39 is 0 Å². The highest BCUT2D eigenvalue weighted by molar-refractivity contribution is 5.89. The molecule has 0 aliphatic carbocycles. The number of rotatable bonds is 5. The molecule has 2 aromatic heterocycles. The van der Waals surface area contributed by atoms with Crippen molar-refractivity contribution in [1.29, 1.82) is 0 Å². The van der Waals surface area contributed by atoms with Crippen molar-refractivity contribution in [3.8, 4) is 0 Å². The molecule has 2 aromatic rings. The summed E-state index contributed by atoms with van der Waals surface area (Å²) in [6.07, 6.45) is 3.39. The molecule has 0 atom stereocenters. The Morgan fingerprint density at radius 3 is 2.84 bits per heavy atom. The summed E-state index contributed by atoms with van der Waals surface area (Å²) in [4.78, 5) is 19.9. The van der Waals surface area contributed by atoms with Crippen LogP contribution in [0.5, 0.6) is 0 Å². The Hall–Kier alpha value is -2.24. The smallest absolute Gasteiger partial charge is 0.226 e. The van der Waals surface area contributed by atoms with Gasteiger partial charge in [0.05, 0.1) is 0 Å². The van der Waals surface area contributed by atoms with E-state index in [1.165, 1.54) is 0 Å². The van der Waals surface area contributed by atoms with Gasteiger partial charge in [-0.15, -0.1) is 0 Å². The van der Waals surface area contributed by atoms with Crippen molar-refractivity contribution in [2.75, 3.05) is 5.32 Å². The molecule has 6 nitrogen and oxygen atoms in total. The molecule has 0 radical (unpaired) electrons. The molecule has 0 fully saturated rings. The topological polar surface area (TPSA) is 80.9 Å². The van der Waals surface area contributed by atoms with Crippen LogP contribution in [0.1, 0.15) is 30.1 Å². The van der Waals surface area contributed by atoms with Gasteiger partial charge in [-0.1, -0.05) is 11.2 Å². The van der Waals surface area contributed by atoms with E-state index in [0.717, 1.165) is 5.56 Å². The molecule has 0 saturated heterocycles. The lowest BCUT2D eigenvalue weighted by molar-refractivity contribution is -0.116. The van der Waals surface area contributed by atoms with E-state index in [0.29, 0.717) is 36.8 Å². The van der Waals surface area contributed by atoms with E-state index in [4.69, 9.17) is 4.52 Å². The standard InChI is InChI=1S/C13H16N4O2/c1-9-6-7-11(14-8-9)16-12(18)4-3-5-13-15-10(2)17-19-13/h6-8H,3-5H2,1-2H3,(H,14,16,18). The van der Waals surface area contributed by atoms with E-state index in [1.54, 1.807) is 19.2 Å². The molecular weight excluding hydrogens is 244 g/mol. The Kier molecular flexibility index (Phi) is 4.22. The van der Waals surface area contributed by atoms with Gasteiger partial charge in [0.25, 0.3) is 0 Å². The number of nitrogens with zero attached hydrogens (tertiary/aromatic N) is 3. The maximum Gasteiger partial charge on any atom is 0.226 e. The third-order valence-corrected chi connectivity index (χ3v) is 2.54. The van der Waals surface area contributed by atoms with E-state index in [9.17, 15) is 4.79 Å². The molecule has 6 heteroatoms. The molecule has 0 unspecified atom stereocenters. The van der Waals surface area contributed by atoms with Crippen molar-refractivity contribution in [3.05, 3.63) is 35.6 Å². The van der Waals surface area contributed by atoms with Crippen molar-refractivity contribution >= 4 is 11.7 Å². The van der Waals surface area contributed by atoms with Gasteiger partial charge >= 0.3 is 0 Å². The molecule has 0 aromatic carbocycles. The first-order valence-electron chi connectivity index (χ1n) is 6.15. The van der Waals surface area contributed by atoms with E-state index in [-0.39, 0.29) is 5.91 Å². The van der Waals surface area contributed by atoms with Crippen LogP contribution in [0.25, 0.3) is 0 Å². The number of carbonyl (C=O) groups is 1. The van der Waals surface area contributed by atoms with Gasteiger partial charge in [0.1, 0.15) is 5.82 Å². The zero-order valence-corrected chi connectivity index (χ0v) is 11.0. The SMILES string of the molecule is Cc1ccc(NC(=O)CCCc2nc(C)no2)nc1. The van der Waals surface area contributed by atoms with Crippen molar-refractivity contribution in [1.82, 2.24) is 15.1 Å². The normalized spacial score (nSPS) is 10.4. The number of amides is 1. The Bertz CT molecular complexity index is 548. The molecule has 0 spiro atoms. The van der Waals surface area contributed by atoms with Gasteiger partial charge in [0, 0.05) is 19.0 Å². The fourth-order valence-electron chi connectivity index (χ4n) is 1.59. The summed E-state index contributed by atoms with van der Waals surface area (Å²) >= 11 is 0. The number of aromatic nitrogens is 3. The van der Waals surface area contributed by atoms with Gasteiger partial charge < -0.3 is 9.84 Å². The number of pyridine rings is 1. The number of hydrogen-bond acceptors (Lipinski definition) is 5. The van der Waals surface area contributed by atoms with Crippen molar-refractivity contribution in [2.24, 2.45) is 0 Å². The van der Waals surface area contributed by atoms with Crippen molar-refractivity contribution in [2.45, 2.75) is 33.1 Å². The van der Waals surface area contributed by atoms with Crippen molar-refractivity contribution < 1.29 is 9.32 Å². The minimum atomic E-state index is -0.0624. The lowest BCUT2D eigenvalue weighted by atomic mass is 10.2. The van der Waals surface area contributed by atoms with E-state index in [2.05, 4.69) is 20.4 Å². The molecule has 0 saturated carbocycles. The average molecular weight is 260 g/mol. The second kappa shape index (κ2) is 6.08. The van der Waals surface area contributed by atoms with Crippen molar-refractivity contribution in [3.63, 3.8) is 0 Å². The van der Waals surface area contributed by atoms with E-state index in [1.807, 2.05) is 13.0 Å². The van der Waals surface area contributed by atoms with Crippen LogP contribution >= 0.6 is 0 Å². The Morgan fingerprint density at radius 1 is 1.37 bits per heavy atom. The second-order valence-corrected chi connectivity index (χ2v) is 4.36. The molecule has 1 amide bonds. The molecule has 0 aliphatic rings. The number of anilines is 1. The molecule has 0 bridgehead atoms. The van der Waals surface area contributed by atoms with Crippen LogP contribution in [-0.2, 0) is 11.2 Å². The Labute approximate surface area is 111 Å². The maximum absolute atomic E-state index is 11.7. The fraction of sp³-hybridized carbons (Fsp3) is 0.385. The lowest BCUT2D eigenvalue weighted by Crippen LogP contribution is -2.12. The summed E-state index contributed by atoms with van der Waals surface area (Å²) in [6.45, 7) is 3.72. The highest BCUT2D eigenvalue weighted by Gasteiger charge is 2.06. The van der Waals surface area contributed by atoms with Gasteiger partial charge in [-0.05, 0) is 31.9 Å². The Balaban J connectivity index is 1.74. The zero-order chi connectivity index (χ0) is 13.7. The van der Waals surface area contributed by atoms with Gasteiger partial charge in [-0.25, -0.2) is 4.98 Å². The number of aryl methyl sites for hydroxylation is 3. The first kappa shape index (κ1) is 13.2. The molecule has 19 heavy (non-hydrogen) atoms. The molecule has 2 heterocycles. The molecule has 1 N–H and O–H groups in total. The first-order valence-corrected chi connectivity index (χ1v) is 6.15. The van der Waals surface area contributed by atoms with Gasteiger partial charge in [-0.3, -0.25) is 4.79 Å². The Morgan fingerprint density at radius 2 is 2.21 bits per heavy atom. The van der Waals surface area contributed by atoms with Crippen LogP contribution in [0.4, 0.5) is 5.82 Å². The van der Waals surface area contributed by atoms with Crippen LogP contribution in [0.3, 0.4) is 0 Å². The predicted molar refractivity (Wildman–Crippen MR) is 69.6 cm³/mol. The molecule has 2 rings (SSSR count). The quantitative estimate of drug-likeness (QED) is 0.889. The fourth-order valence-corrected chi connectivity index (χ4v) is 1.59. The average Bonchev–Trinajstić information content (AvgIpc) is 2.78. The predicted octanol–water partition coefficient (Wildman–Crippen LogP) is 2.04. The monoisotopic (exact) mass is 260 g/mol. The summed E-state index contributed by atoms with van der Waals surface area (Å²) in [6, 6.07) is 3.69. The minimum absolute atomic E-state index is 0.0624. The highest BCUT2D eigenvalue weighted by Crippen LogP contribution is 2.07. The zero-order valence-electron chi connectivity index (χ0n) is 11.0. The molecule has 0 aliphatic heterocycles. The number of nitrogens with one attached hydrogen (secondary N) is 1. The third-order valence-electron chi connectivity index (χ3n) is 2.54. The van der Waals surface area contributed by atoms with Crippen LogP contribution in [0.2, 0.25) is 0 Å². The van der Waals surface area contributed by atoms with E-state index >= 15 is 0 Å². The molecule has 100 valence electrons. The summed E-state index contributed by atoms with van der Waals surface area (Å²) < 4.78 is 4.97. The molecular formula is C13H16N4O2. The van der Waals surface area contributed by atoms with Crippen LogP contribution < -0.4 is 5.32 Å². The second-order valence-electron chi connectivity index (χ2n) is 4.36. The van der Waals surface area contributed by atoms with Gasteiger partial charge in [-0.2, -0.15) is 4.98 Å². The summed E-state index contributed by atoms with van der Waals surface area (Å²) in [5.41, 5.74) is 1.06. The lowest BCUT2D eigenvalue weighted by Gasteiger charge is -2.03. The van der Waals surface area contributed by atoms with Crippen LogP contribution in [0, 0.1) is 13.8 Å². The maximum atomic E-state index is 11.7. The highest BCUT2D eigenvalue weighted by atomic mass is 16.5. The number of carbonyl (C=O) groups excluding carboxylic acids is 1. The van der Waals surface area contributed by atoms with Gasteiger partial charge in [0.15, 0.2) is 5.82 Å². The van der Waals surface area contributed by atoms with Crippen LogP contribution in [0.15, 0.2) is 22.9 Å².